The monoisotopic (exact) mass is 1520 g/mol. The Morgan fingerprint density at radius 2 is 0.906 bits per heavy atom. The van der Waals surface area contributed by atoms with Crippen molar-refractivity contribution < 1.29 is 97.1 Å². The van der Waals surface area contributed by atoms with Crippen molar-refractivity contribution in [2.75, 3.05) is 44.3 Å². The Labute approximate surface area is 620 Å². The summed E-state index contributed by atoms with van der Waals surface area (Å²) in [7, 11) is 1.65. The van der Waals surface area contributed by atoms with Gasteiger partial charge in [0.2, 0.25) is 82.7 Å². The normalized spacial score (nSPS) is 28.1. The lowest BCUT2D eigenvalue weighted by atomic mass is 9.96. The summed E-state index contributed by atoms with van der Waals surface area (Å²) in [5, 5.41) is 69.0. The molecule has 0 radical (unpaired) electrons. The number of carboxylic acid groups (broad SMARTS) is 2. The number of aliphatic carboxylic acids is 2. The Bertz CT molecular complexity index is 3540. The van der Waals surface area contributed by atoms with Crippen LogP contribution in [0.25, 0.3) is 0 Å². The van der Waals surface area contributed by atoms with E-state index in [0.717, 1.165) is 21.6 Å². The van der Waals surface area contributed by atoms with Gasteiger partial charge in [-0.25, -0.2) is 0 Å². The lowest BCUT2D eigenvalue weighted by molar-refractivity contribution is -0.149. The van der Waals surface area contributed by atoms with Crippen LogP contribution < -0.4 is 58.5 Å². The fourth-order valence-electron chi connectivity index (χ4n) is 13.1. The van der Waals surface area contributed by atoms with Crippen LogP contribution in [0.3, 0.4) is 0 Å². The fourth-order valence-corrected chi connectivity index (χ4v) is 15.5. The van der Waals surface area contributed by atoms with Gasteiger partial charge < -0.3 is 93.6 Å². The van der Waals surface area contributed by atoms with Gasteiger partial charge >= 0.3 is 11.9 Å². The van der Waals surface area contributed by atoms with Gasteiger partial charge in [0.15, 0.2) is 0 Å². The first kappa shape index (κ1) is 83.7. The SMILES string of the molecule is CCCC[C@@H]1NC(=O)CNC(=O)[C@H](CC(=O)O)NC(=O)[C@@H]2CCCN2C(=O)[C@H](Cc2ccccc2)NC(=O)[C@@H]2CSSC[C@H](NC1=O)C(=O)N[C@@H](CC(=O)O)C(=O)N[C@@H](Cc1ccc(O)cc1)C(=O)N[C@@H](CO)C(=O)N[C@@H]([C@@H](C)CC)C(=O)N1CCC[C@H]1C(=O)N1CCC[C@H]1C(=O)N[C@@H]([C@@H](C)CC)C(=O)N2. The molecule has 0 aliphatic carbocycles. The van der Waals surface area contributed by atoms with Gasteiger partial charge in [0.25, 0.3) is 0 Å². The number of hydrogen-bond donors (Lipinski definition) is 15. The molecule has 7 rings (SSSR count). The maximum atomic E-state index is 15.3. The van der Waals surface area contributed by atoms with E-state index in [4.69, 9.17) is 0 Å². The highest BCUT2D eigenvalue weighted by Crippen LogP contribution is 2.29. The van der Waals surface area contributed by atoms with E-state index in [1.54, 1.807) is 65.0 Å². The van der Waals surface area contributed by atoms with Crippen LogP contribution in [0.5, 0.6) is 5.75 Å². The van der Waals surface area contributed by atoms with Crippen LogP contribution in [-0.4, -0.2) is 253 Å². The number of aliphatic hydroxyl groups is 1. The summed E-state index contributed by atoms with van der Waals surface area (Å²) in [4.78, 5) is 234. The molecule has 0 unspecified atom stereocenters. The molecule has 14 amide bonds. The highest BCUT2D eigenvalue weighted by molar-refractivity contribution is 8.76. The average molecular weight is 1520 g/mol. The first-order valence-electron chi connectivity index (χ1n) is 35.9. The quantitative estimate of drug-likeness (QED) is 0.0789. The minimum Gasteiger partial charge on any atom is -0.508 e. The van der Waals surface area contributed by atoms with Crippen LogP contribution in [-0.2, 0) is 89.6 Å². The smallest absolute Gasteiger partial charge is 0.305 e. The number of carbonyl (C=O) groups is 16. The molecule has 5 fully saturated rings. The molecule has 15 N–H and O–H groups in total. The number of nitrogens with one attached hydrogen (secondary N) is 11. The Kier molecular flexibility index (Phi) is 31.8. The van der Waals surface area contributed by atoms with E-state index in [1.165, 1.54) is 39.0 Å². The van der Waals surface area contributed by atoms with E-state index < -0.39 is 229 Å². The Hall–Kier alpha value is -9.58. The molecule has 5 aliphatic rings. The molecule has 5 saturated heterocycles. The minimum atomic E-state index is -2.10. The second-order valence-electron chi connectivity index (χ2n) is 27.2. The standard InChI is InChI=1S/C70H98N14O20S2/c1-6-9-18-42-59(93)78-48-35-105-106-36-49(64(98)76-46(30-39-16-11-10-12-17-39)68(102)82-26-13-19-50(82)65(99)75-44(31-54(88)89)58(92)71-33-53(87)72-42)79-67(101)56(37(4)7-2)80-66(100)51-20-14-27-83(51)69(103)52-21-15-28-84(52)70(104)57(38(5)8-3)81-62(96)47(34-85)77-60(94)43(29-40-22-24-41(86)25-23-40)73-61(95)45(32-55(90)91)74-63(48)97/h10-12,16-17,22-25,37-38,42-52,56-57,85-86H,6-9,13-15,18-21,26-36H2,1-5H3,(H,71,92)(H,72,87)(H,73,95)(H,74,97)(H,75,99)(H,76,98)(H,77,94)(H,78,93)(H,79,101)(H,80,100)(H,81,96)(H,88,89)(H,90,91)/t37-,38-,42-,43-,44-,45-,46-,47-,48-,49-,50-,51-,52-,56-,57-/m0/s1. The fraction of sp³-hybridized carbons (Fsp3) is 0.600. The molecule has 106 heavy (non-hydrogen) atoms. The van der Waals surface area contributed by atoms with Crippen LogP contribution in [0, 0.1) is 11.8 Å². The van der Waals surface area contributed by atoms with Crippen molar-refractivity contribution in [2.24, 2.45) is 11.8 Å². The van der Waals surface area contributed by atoms with Gasteiger partial charge in [-0.05, 0) is 80.0 Å². The second-order valence-corrected chi connectivity index (χ2v) is 29.8. The number of aromatic hydroxyl groups is 1. The molecule has 5 aliphatic heterocycles. The molecular formula is C70H98N14O20S2. The number of carbonyl (C=O) groups excluding carboxylic acids is 14. The zero-order valence-electron chi connectivity index (χ0n) is 59.9. The highest BCUT2D eigenvalue weighted by atomic mass is 33.1. The molecule has 5 heterocycles. The summed E-state index contributed by atoms with van der Waals surface area (Å²) in [5.41, 5.74) is 0.801. The number of hydrogen-bond acceptors (Lipinski definition) is 20. The number of carboxylic acids is 2. The maximum absolute atomic E-state index is 15.3. The van der Waals surface area contributed by atoms with Gasteiger partial charge in [0, 0.05) is 44.0 Å². The number of unbranched alkanes of at least 4 members (excludes halogenated alkanes) is 1. The molecule has 580 valence electrons. The van der Waals surface area contributed by atoms with E-state index in [0.29, 0.717) is 24.8 Å². The summed E-state index contributed by atoms with van der Waals surface area (Å²) in [6.45, 7) is 6.66. The van der Waals surface area contributed by atoms with Crippen molar-refractivity contribution in [3.8, 4) is 5.75 Å². The number of nitrogens with zero attached hydrogens (tertiary/aromatic N) is 3. The number of phenols is 1. The van der Waals surface area contributed by atoms with Gasteiger partial charge in [-0.3, -0.25) is 76.7 Å². The zero-order valence-corrected chi connectivity index (χ0v) is 61.5. The Morgan fingerprint density at radius 1 is 0.462 bits per heavy atom. The predicted molar refractivity (Wildman–Crippen MR) is 383 cm³/mol. The summed E-state index contributed by atoms with van der Waals surface area (Å²) in [6, 6.07) is -6.79. The summed E-state index contributed by atoms with van der Waals surface area (Å²) in [5.74, 6) is -19.3. The van der Waals surface area contributed by atoms with E-state index in [-0.39, 0.29) is 88.7 Å². The number of phenolic OH excluding ortho intramolecular Hbond substituents is 1. The number of fused-ring (bicyclic) bond motifs is 8. The molecule has 15 atom stereocenters. The highest BCUT2D eigenvalue weighted by Gasteiger charge is 2.47. The first-order chi connectivity index (χ1) is 50.5. The van der Waals surface area contributed by atoms with Gasteiger partial charge in [-0.2, -0.15) is 0 Å². The Morgan fingerprint density at radius 3 is 1.47 bits per heavy atom. The zero-order chi connectivity index (χ0) is 77.5. The van der Waals surface area contributed by atoms with Crippen LogP contribution in [0.2, 0.25) is 0 Å². The topological polar surface area (TPSA) is 496 Å². The third kappa shape index (κ3) is 23.2. The molecule has 0 aromatic heterocycles. The summed E-state index contributed by atoms with van der Waals surface area (Å²) >= 11 is 0. The van der Waals surface area contributed by atoms with Crippen LogP contribution >= 0.6 is 21.6 Å². The summed E-state index contributed by atoms with van der Waals surface area (Å²) in [6.07, 6.45) is -0.451. The van der Waals surface area contributed by atoms with Gasteiger partial charge in [-0.15, -0.1) is 0 Å². The van der Waals surface area contributed by atoms with Crippen molar-refractivity contribution in [1.82, 2.24) is 73.2 Å². The van der Waals surface area contributed by atoms with Gasteiger partial charge in [0.1, 0.15) is 84.3 Å². The second kappa shape index (κ2) is 40.2. The molecule has 2 aromatic carbocycles. The van der Waals surface area contributed by atoms with E-state index in [9.17, 15) is 82.8 Å². The molecule has 2 aromatic rings. The largest absolute Gasteiger partial charge is 0.508 e. The predicted octanol–water partition coefficient (Wildman–Crippen LogP) is -2.25. The van der Waals surface area contributed by atoms with E-state index >= 15 is 14.4 Å². The molecule has 0 saturated carbocycles. The van der Waals surface area contributed by atoms with Gasteiger partial charge in [-0.1, -0.05) is 124 Å². The lowest BCUT2D eigenvalue weighted by Gasteiger charge is -2.35. The average Bonchev–Trinajstić information content (AvgIpc) is 1.64. The van der Waals surface area contributed by atoms with Crippen LogP contribution in [0.4, 0.5) is 0 Å². The lowest BCUT2D eigenvalue weighted by Crippen LogP contribution is -2.62. The van der Waals surface area contributed by atoms with Crippen LogP contribution in [0.1, 0.15) is 129 Å². The third-order valence-corrected chi connectivity index (χ3v) is 22.0. The maximum Gasteiger partial charge on any atom is 0.305 e. The van der Waals surface area contributed by atoms with Crippen molar-refractivity contribution in [3.05, 3.63) is 65.7 Å². The number of aliphatic hydroxyl groups excluding tert-OH is 1. The summed E-state index contributed by atoms with van der Waals surface area (Å²) < 4.78 is 0. The molecule has 0 spiro atoms. The van der Waals surface area contributed by atoms with Gasteiger partial charge in [0.05, 0.1) is 26.0 Å². The molecule has 34 nitrogen and oxygen atoms in total. The number of amides is 14. The van der Waals surface area contributed by atoms with Crippen molar-refractivity contribution in [2.45, 2.75) is 209 Å². The van der Waals surface area contributed by atoms with Crippen molar-refractivity contribution in [3.63, 3.8) is 0 Å². The van der Waals surface area contributed by atoms with Crippen molar-refractivity contribution in [1.29, 1.82) is 0 Å². The van der Waals surface area contributed by atoms with Crippen molar-refractivity contribution >= 4 is 116 Å². The number of rotatable bonds is 16. The van der Waals surface area contributed by atoms with E-state index in [2.05, 4.69) is 58.5 Å². The molecule has 2 bridgehead atoms. The molecular weight excluding hydrogens is 1420 g/mol. The minimum absolute atomic E-state index is 0.0230. The number of benzene rings is 2. The van der Waals surface area contributed by atoms with Crippen LogP contribution in [0.15, 0.2) is 54.6 Å². The first-order valence-corrected chi connectivity index (χ1v) is 38.4. The Balaban J connectivity index is 1.36. The third-order valence-electron chi connectivity index (χ3n) is 19.6. The molecule has 36 heteroatoms. The van der Waals surface area contributed by atoms with E-state index in [1.807, 2.05) is 0 Å².